The van der Waals surface area contributed by atoms with Gasteiger partial charge in [0.05, 0.1) is 10.1 Å². The zero-order valence-corrected chi connectivity index (χ0v) is 16.8. The molecule has 0 saturated heterocycles. The normalized spacial score (nSPS) is 12.8. The number of hydrogen-bond donors (Lipinski definition) is 1. The van der Waals surface area contributed by atoms with E-state index in [-0.39, 0.29) is 16.1 Å². The van der Waals surface area contributed by atoms with Gasteiger partial charge < -0.3 is 5.32 Å². The number of hydrogen-bond acceptors (Lipinski definition) is 4. The zero-order chi connectivity index (χ0) is 19.2. The fraction of sp³-hybridized carbons (Fsp3) is 0.316. The van der Waals surface area contributed by atoms with Crippen LogP contribution in [0, 0.1) is 0 Å². The van der Waals surface area contributed by atoms with Gasteiger partial charge in [-0.05, 0) is 37.3 Å². The lowest BCUT2D eigenvalue weighted by atomic mass is 10.3. The summed E-state index contributed by atoms with van der Waals surface area (Å²) < 4.78 is 26.6. The van der Waals surface area contributed by atoms with Crippen molar-refractivity contribution >= 4 is 33.4 Å². The fourth-order valence-corrected chi connectivity index (χ4v) is 4.84. The van der Waals surface area contributed by atoms with Crippen molar-refractivity contribution in [1.82, 2.24) is 4.31 Å². The molecule has 0 bridgehead atoms. The Hall–Kier alpha value is -1.83. The van der Waals surface area contributed by atoms with Crippen LogP contribution in [0.4, 0.5) is 5.69 Å². The van der Waals surface area contributed by atoms with Crippen LogP contribution >= 0.6 is 11.8 Å². The number of rotatable bonds is 8. The van der Waals surface area contributed by atoms with E-state index in [0.29, 0.717) is 18.8 Å². The molecule has 26 heavy (non-hydrogen) atoms. The molecular formula is C19H24N2O3S2. The minimum atomic E-state index is -3.55. The molecule has 0 saturated carbocycles. The number of nitrogens with one attached hydrogen (secondary N) is 1. The minimum Gasteiger partial charge on any atom is -0.325 e. The van der Waals surface area contributed by atoms with Crippen LogP contribution in [-0.2, 0) is 14.8 Å². The highest BCUT2D eigenvalue weighted by Crippen LogP contribution is 2.25. The zero-order valence-electron chi connectivity index (χ0n) is 15.2. The topological polar surface area (TPSA) is 66.5 Å². The first-order valence-electron chi connectivity index (χ1n) is 8.51. The third kappa shape index (κ3) is 5.09. The average molecular weight is 393 g/mol. The molecule has 0 unspecified atom stereocenters. The third-order valence-electron chi connectivity index (χ3n) is 3.87. The Bertz CT molecular complexity index is 835. The Balaban J connectivity index is 2.11. The van der Waals surface area contributed by atoms with E-state index in [0.717, 1.165) is 4.90 Å². The van der Waals surface area contributed by atoms with Gasteiger partial charge in [0.2, 0.25) is 15.9 Å². The molecule has 0 spiro atoms. The molecule has 0 aliphatic carbocycles. The summed E-state index contributed by atoms with van der Waals surface area (Å²) in [6.45, 7) is 6.23. The molecular weight excluding hydrogens is 368 g/mol. The Kier molecular flexibility index (Phi) is 7.25. The van der Waals surface area contributed by atoms with Crippen LogP contribution in [-0.4, -0.2) is 37.0 Å². The van der Waals surface area contributed by atoms with Crippen molar-refractivity contribution in [2.75, 3.05) is 18.4 Å². The Morgan fingerprint density at radius 3 is 2.35 bits per heavy atom. The largest absolute Gasteiger partial charge is 0.325 e. The third-order valence-corrected chi connectivity index (χ3v) is 7.03. The highest BCUT2D eigenvalue weighted by atomic mass is 32.2. The molecule has 0 aliphatic heterocycles. The maximum absolute atomic E-state index is 12.6. The van der Waals surface area contributed by atoms with Gasteiger partial charge in [0.25, 0.3) is 0 Å². The number of carbonyl (C=O) groups is 1. The standard InChI is InChI=1S/C19H24N2O3S2/c1-4-21(5-2)26(23,24)18-13-9-10-16(14-18)20-19(22)15(3)25-17-11-7-6-8-12-17/h6-15H,4-5H2,1-3H3,(H,20,22)/t15-/m0/s1. The predicted molar refractivity (Wildman–Crippen MR) is 107 cm³/mol. The molecule has 0 heterocycles. The van der Waals surface area contributed by atoms with E-state index in [1.807, 2.05) is 37.3 Å². The average Bonchev–Trinajstić information content (AvgIpc) is 2.63. The second-order valence-electron chi connectivity index (χ2n) is 5.68. The van der Waals surface area contributed by atoms with Gasteiger partial charge in [-0.25, -0.2) is 8.42 Å². The van der Waals surface area contributed by atoms with Crippen LogP contribution in [0.2, 0.25) is 0 Å². The Labute approximate surface area is 159 Å². The summed E-state index contributed by atoms with van der Waals surface area (Å²) in [6, 6.07) is 16.1. The van der Waals surface area contributed by atoms with E-state index in [2.05, 4.69) is 5.32 Å². The first-order valence-corrected chi connectivity index (χ1v) is 10.8. The SMILES string of the molecule is CCN(CC)S(=O)(=O)c1cccc(NC(=O)[C@H](C)Sc2ccccc2)c1. The Morgan fingerprint density at radius 1 is 1.08 bits per heavy atom. The lowest BCUT2D eigenvalue weighted by Gasteiger charge is -2.19. The minimum absolute atomic E-state index is 0.170. The maximum Gasteiger partial charge on any atom is 0.243 e. The highest BCUT2D eigenvalue weighted by Gasteiger charge is 2.22. The van der Waals surface area contributed by atoms with Crippen LogP contribution in [0.3, 0.4) is 0 Å². The molecule has 2 aromatic carbocycles. The van der Waals surface area contributed by atoms with Gasteiger partial charge in [0.15, 0.2) is 0 Å². The Morgan fingerprint density at radius 2 is 1.73 bits per heavy atom. The number of amides is 1. The van der Waals surface area contributed by atoms with E-state index in [9.17, 15) is 13.2 Å². The van der Waals surface area contributed by atoms with E-state index in [4.69, 9.17) is 0 Å². The summed E-state index contributed by atoms with van der Waals surface area (Å²) in [5.74, 6) is -0.170. The number of sulfonamides is 1. The van der Waals surface area contributed by atoms with Crippen molar-refractivity contribution in [2.24, 2.45) is 0 Å². The van der Waals surface area contributed by atoms with Crippen molar-refractivity contribution in [3.63, 3.8) is 0 Å². The number of carbonyl (C=O) groups excluding carboxylic acids is 1. The molecule has 2 rings (SSSR count). The molecule has 140 valence electrons. The number of anilines is 1. The van der Waals surface area contributed by atoms with Crippen molar-refractivity contribution in [3.8, 4) is 0 Å². The van der Waals surface area contributed by atoms with E-state index in [1.165, 1.54) is 22.1 Å². The van der Waals surface area contributed by atoms with Crippen molar-refractivity contribution < 1.29 is 13.2 Å². The smallest absolute Gasteiger partial charge is 0.243 e. The first kappa shape index (κ1) is 20.5. The van der Waals surface area contributed by atoms with Crippen molar-refractivity contribution in [1.29, 1.82) is 0 Å². The maximum atomic E-state index is 12.6. The summed E-state index contributed by atoms with van der Waals surface area (Å²) in [5, 5.41) is 2.50. The first-order chi connectivity index (χ1) is 12.4. The van der Waals surface area contributed by atoms with Gasteiger partial charge >= 0.3 is 0 Å². The van der Waals surface area contributed by atoms with Gasteiger partial charge in [-0.1, -0.05) is 38.1 Å². The van der Waals surface area contributed by atoms with Gasteiger partial charge in [-0.3, -0.25) is 4.79 Å². The van der Waals surface area contributed by atoms with E-state index < -0.39 is 10.0 Å². The molecule has 0 radical (unpaired) electrons. The fourth-order valence-electron chi connectivity index (χ4n) is 2.45. The van der Waals surface area contributed by atoms with Crippen LogP contribution in [0.15, 0.2) is 64.4 Å². The van der Waals surface area contributed by atoms with Crippen LogP contribution in [0.25, 0.3) is 0 Å². The quantitative estimate of drug-likeness (QED) is 0.693. The number of benzene rings is 2. The molecule has 5 nitrogen and oxygen atoms in total. The molecule has 1 atom stereocenters. The second kappa shape index (κ2) is 9.21. The van der Waals surface area contributed by atoms with Gasteiger partial charge in [-0.2, -0.15) is 4.31 Å². The van der Waals surface area contributed by atoms with Crippen molar-refractivity contribution in [3.05, 3.63) is 54.6 Å². The van der Waals surface area contributed by atoms with Crippen LogP contribution in [0.1, 0.15) is 20.8 Å². The molecule has 2 aromatic rings. The summed E-state index contributed by atoms with van der Waals surface area (Å²) in [4.78, 5) is 13.6. The van der Waals surface area contributed by atoms with Crippen molar-refractivity contribution in [2.45, 2.75) is 35.8 Å². The molecule has 0 aliphatic rings. The van der Waals surface area contributed by atoms with Gasteiger partial charge in [0, 0.05) is 23.7 Å². The molecule has 7 heteroatoms. The van der Waals surface area contributed by atoms with Crippen LogP contribution in [0.5, 0.6) is 0 Å². The summed E-state index contributed by atoms with van der Waals surface area (Å²) in [5.41, 5.74) is 0.476. The summed E-state index contributed by atoms with van der Waals surface area (Å²) in [7, 11) is -3.55. The molecule has 1 amide bonds. The summed E-state index contributed by atoms with van der Waals surface area (Å²) in [6.07, 6.45) is 0. The lowest BCUT2D eigenvalue weighted by Crippen LogP contribution is -2.30. The second-order valence-corrected chi connectivity index (χ2v) is 9.03. The predicted octanol–water partition coefficient (Wildman–Crippen LogP) is 3.84. The van der Waals surface area contributed by atoms with E-state index >= 15 is 0 Å². The summed E-state index contributed by atoms with van der Waals surface area (Å²) >= 11 is 1.45. The molecule has 0 aromatic heterocycles. The number of nitrogens with zero attached hydrogens (tertiary/aromatic N) is 1. The van der Waals surface area contributed by atoms with Crippen LogP contribution < -0.4 is 5.32 Å². The molecule has 0 fully saturated rings. The monoisotopic (exact) mass is 392 g/mol. The van der Waals surface area contributed by atoms with E-state index in [1.54, 1.807) is 32.0 Å². The van der Waals surface area contributed by atoms with Gasteiger partial charge in [-0.15, -0.1) is 11.8 Å². The highest BCUT2D eigenvalue weighted by molar-refractivity contribution is 8.00. The number of thioether (sulfide) groups is 1. The lowest BCUT2D eigenvalue weighted by molar-refractivity contribution is -0.115. The molecule has 1 N–H and O–H groups in total. The van der Waals surface area contributed by atoms with Gasteiger partial charge in [0.1, 0.15) is 0 Å².